The van der Waals surface area contributed by atoms with E-state index < -0.39 is 11.6 Å². The molecule has 2 aromatic rings. The molecular weight excluding hydrogens is 298 g/mol. The number of Topliss-reactive ketones (excluding diaryl/α,β-unsaturated/α-hetero) is 1. The molecular formula is C16H17N3O4. The van der Waals surface area contributed by atoms with E-state index in [0.29, 0.717) is 16.6 Å². The van der Waals surface area contributed by atoms with Crippen LogP contribution in [0.15, 0.2) is 23.2 Å². The quantitative estimate of drug-likeness (QED) is 0.374. The topological polar surface area (TPSA) is 90.6 Å². The maximum Gasteiger partial charge on any atom is 0.328 e. The summed E-state index contributed by atoms with van der Waals surface area (Å²) in [6, 6.07) is 4.80. The van der Waals surface area contributed by atoms with Crippen molar-refractivity contribution >= 4 is 34.4 Å². The molecule has 2 rings (SSSR count). The van der Waals surface area contributed by atoms with E-state index in [1.54, 1.807) is 39.0 Å². The molecule has 0 spiro atoms. The Kier molecular flexibility index (Phi) is 4.43. The number of ether oxygens (including phenoxy) is 1. The minimum absolute atomic E-state index is 0.114. The molecule has 120 valence electrons. The van der Waals surface area contributed by atoms with E-state index in [9.17, 15) is 14.4 Å². The Balaban J connectivity index is 2.47. The third kappa shape index (κ3) is 3.90. The third-order valence-electron chi connectivity index (χ3n) is 2.94. The molecule has 0 amide bonds. The van der Waals surface area contributed by atoms with Crippen LogP contribution in [0.2, 0.25) is 0 Å². The van der Waals surface area contributed by atoms with Gasteiger partial charge in [-0.15, -0.1) is 0 Å². The van der Waals surface area contributed by atoms with E-state index in [2.05, 4.69) is 10.1 Å². The molecule has 0 aliphatic heterocycles. The largest absolute Gasteiger partial charge is 0.459 e. The molecule has 1 aromatic heterocycles. The van der Waals surface area contributed by atoms with Gasteiger partial charge in [0.2, 0.25) is 6.08 Å². The molecule has 0 radical (unpaired) electrons. The minimum Gasteiger partial charge on any atom is -0.459 e. The first-order valence-corrected chi connectivity index (χ1v) is 7.02. The first-order chi connectivity index (χ1) is 10.7. The molecule has 1 heterocycles. The van der Waals surface area contributed by atoms with Crippen molar-refractivity contribution in [3.05, 3.63) is 23.9 Å². The number of hydrogen-bond donors (Lipinski definition) is 0. The maximum atomic E-state index is 12.0. The van der Waals surface area contributed by atoms with Crippen molar-refractivity contribution in [2.24, 2.45) is 4.99 Å². The molecule has 7 heteroatoms. The van der Waals surface area contributed by atoms with Gasteiger partial charge in [-0.1, -0.05) is 0 Å². The van der Waals surface area contributed by atoms with E-state index in [4.69, 9.17) is 4.74 Å². The second-order valence-electron chi connectivity index (χ2n) is 6.05. The number of carbonyl (C=O) groups is 2. The van der Waals surface area contributed by atoms with Crippen LogP contribution in [0.25, 0.3) is 10.9 Å². The van der Waals surface area contributed by atoms with E-state index in [1.165, 1.54) is 17.7 Å². The number of aromatic nitrogens is 2. The smallest absolute Gasteiger partial charge is 0.328 e. The molecule has 0 N–H and O–H groups in total. The summed E-state index contributed by atoms with van der Waals surface area (Å²) in [6.45, 7) is 6.59. The molecule has 0 aliphatic rings. The van der Waals surface area contributed by atoms with E-state index in [1.807, 2.05) is 0 Å². The fraction of sp³-hybridized carbons (Fsp3) is 0.375. The molecule has 0 saturated carbocycles. The summed E-state index contributed by atoms with van der Waals surface area (Å²) in [5.74, 6) is -0.697. The van der Waals surface area contributed by atoms with Crippen molar-refractivity contribution in [3.63, 3.8) is 0 Å². The lowest BCUT2D eigenvalue weighted by atomic mass is 10.1. The lowest BCUT2D eigenvalue weighted by Crippen LogP contribution is -2.26. The van der Waals surface area contributed by atoms with Crippen LogP contribution in [-0.4, -0.2) is 33.2 Å². The fourth-order valence-corrected chi connectivity index (χ4v) is 2.17. The van der Waals surface area contributed by atoms with Crippen LogP contribution in [0.4, 0.5) is 5.69 Å². The van der Waals surface area contributed by atoms with Gasteiger partial charge in [0.25, 0.3) is 0 Å². The number of rotatable bonds is 4. The Hall–Kier alpha value is -2.79. The zero-order valence-electron chi connectivity index (χ0n) is 13.4. The van der Waals surface area contributed by atoms with Gasteiger partial charge in [0, 0.05) is 12.3 Å². The monoisotopic (exact) mass is 315 g/mol. The highest BCUT2D eigenvalue weighted by Crippen LogP contribution is 2.25. The van der Waals surface area contributed by atoms with E-state index in [-0.39, 0.29) is 18.0 Å². The number of ketones is 1. The van der Waals surface area contributed by atoms with Crippen molar-refractivity contribution in [1.82, 2.24) is 9.78 Å². The number of isocyanates is 1. The van der Waals surface area contributed by atoms with Gasteiger partial charge in [-0.05, 0) is 39.0 Å². The predicted octanol–water partition coefficient (Wildman–Crippen LogP) is 2.55. The molecule has 0 saturated heterocycles. The van der Waals surface area contributed by atoms with Crippen LogP contribution in [0.1, 0.15) is 38.2 Å². The molecule has 1 aromatic carbocycles. The highest BCUT2D eigenvalue weighted by Gasteiger charge is 2.20. The predicted molar refractivity (Wildman–Crippen MR) is 83.4 cm³/mol. The van der Waals surface area contributed by atoms with Gasteiger partial charge in [0.1, 0.15) is 17.8 Å². The molecule has 0 aliphatic carbocycles. The molecule has 0 bridgehead atoms. The summed E-state index contributed by atoms with van der Waals surface area (Å²) in [6.07, 6.45) is 1.45. The standard InChI is InChI=1S/C16H17N3O4/c1-10(21)15-12-7-11(17-9-20)5-6-13(12)19(18-15)8-14(22)23-16(2,3)4/h5-7H,8H2,1-4H3. The van der Waals surface area contributed by atoms with Gasteiger partial charge < -0.3 is 4.74 Å². The SMILES string of the molecule is CC(=O)c1nn(CC(=O)OC(C)(C)C)c2ccc(N=C=O)cc12. The fourth-order valence-electron chi connectivity index (χ4n) is 2.17. The lowest BCUT2D eigenvalue weighted by molar-refractivity contribution is -0.155. The third-order valence-corrected chi connectivity index (χ3v) is 2.94. The zero-order valence-corrected chi connectivity index (χ0v) is 13.4. The summed E-state index contributed by atoms with van der Waals surface area (Å²) in [5.41, 5.74) is 0.569. The highest BCUT2D eigenvalue weighted by molar-refractivity contribution is 6.05. The number of nitrogens with zero attached hydrogens (tertiary/aromatic N) is 3. The Morgan fingerprint density at radius 2 is 2.04 bits per heavy atom. The summed E-state index contributed by atoms with van der Waals surface area (Å²) < 4.78 is 6.68. The Bertz CT molecular complexity index is 824. The van der Waals surface area contributed by atoms with Crippen molar-refractivity contribution in [2.75, 3.05) is 0 Å². The molecule has 0 fully saturated rings. The number of benzene rings is 1. The lowest BCUT2D eigenvalue weighted by Gasteiger charge is -2.19. The minimum atomic E-state index is -0.602. The number of esters is 1. The molecule has 0 atom stereocenters. The second kappa shape index (κ2) is 6.14. The van der Waals surface area contributed by atoms with Crippen molar-refractivity contribution in [2.45, 2.75) is 39.8 Å². The number of hydrogen-bond acceptors (Lipinski definition) is 6. The highest BCUT2D eigenvalue weighted by atomic mass is 16.6. The maximum absolute atomic E-state index is 12.0. The van der Waals surface area contributed by atoms with E-state index in [0.717, 1.165) is 0 Å². The molecule has 23 heavy (non-hydrogen) atoms. The first-order valence-electron chi connectivity index (χ1n) is 7.02. The van der Waals surface area contributed by atoms with Crippen LogP contribution in [0, 0.1) is 0 Å². The van der Waals surface area contributed by atoms with Crippen molar-refractivity contribution in [3.8, 4) is 0 Å². The summed E-state index contributed by atoms with van der Waals surface area (Å²) in [4.78, 5) is 37.6. The second-order valence-corrected chi connectivity index (χ2v) is 6.05. The number of fused-ring (bicyclic) bond motifs is 1. The van der Waals surface area contributed by atoms with Gasteiger partial charge in [-0.25, -0.2) is 4.79 Å². The van der Waals surface area contributed by atoms with Gasteiger partial charge in [-0.3, -0.25) is 14.3 Å². The Morgan fingerprint density at radius 3 is 2.61 bits per heavy atom. The molecule has 0 unspecified atom stereocenters. The average molecular weight is 315 g/mol. The van der Waals surface area contributed by atoms with Gasteiger partial charge in [0.05, 0.1) is 11.2 Å². The van der Waals surface area contributed by atoms with Crippen molar-refractivity contribution < 1.29 is 19.1 Å². The van der Waals surface area contributed by atoms with Gasteiger partial charge in [-0.2, -0.15) is 10.1 Å². The first kappa shape index (κ1) is 16.6. The van der Waals surface area contributed by atoms with Crippen LogP contribution in [0.3, 0.4) is 0 Å². The Labute approximate surface area is 132 Å². The summed E-state index contributed by atoms with van der Waals surface area (Å²) in [7, 11) is 0. The zero-order chi connectivity index (χ0) is 17.2. The van der Waals surface area contributed by atoms with Crippen LogP contribution >= 0.6 is 0 Å². The van der Waals surface area contributed by atoms with Gasteiger partial charge in [0.15, 0.2) is 5.78 Å². The number of aliphatic imine (C=N–C) groups is 1. The average Bonchev–Trinajstić information content (AvgIpc) is 2.75. The number of carbonyl (C=O) groups excluding carboxylic acids is 3. The molecule has 7 nitrogen and oxygen atoms in total. The normalized spacial score (nSPS) is 11.1. The van der Waals surface area contributed by atoms with E-state index >= 15 is 0 Å². The summed E-state index contributed by atoms with van der Waals surface area (Å²) in [5, 5.41) is 4.71. The van der Waals surface area contributed by atoms with Gasteiger partial charge >= 0.3 is 5.97 Å². The van der Waals surface area contributed by atoms with Crippen LogP contribution < -0.4 is 0 Å². The Morgan fingerprint density at radius 1 is 1.35 bits per heavy atom. The summed E-state index contributed by atoms with van der Waals surface area (Å²) >= 11 is 0. The van der Waals surface area contributed by atoms with Crippen molar-refractivity contribution in [1.29, 1.82) is 0 Å². The van der Waals surface area contributed by atoms with Crippen LogP contribution in [-0.2, 0) is 20.9 Å². The van der Waals surface area contributed by atoms with Crippen LogP contribution in [0.5, 0.6) is 0 Å².